The van der Waals surface area contributed by atoms with Gasteiger partial charge in [0, 0.05) is 11.1 Å². The second-order valence-electron chi connectivity index (χ2n) is 6.20. The van der Waals surface area contributed by atoms with Crippen molar-refractivity contribution < 1.29 is 19.4 Å². The Kier molecular flexibility index (Phi) is 8.09. The van der Waals surface area contributed by atoms with Crippen LogP contribution in [0.25, 0.3) is 0 Å². The summed E-state index contributed by atoms with van der Waals surface area (Å²) in [7, 11) is 0. The molecule has 1 aliphatic carbocycles. The highest BCUT2D eigenvalue weighted by Gasteiger charge is 2.24. The molecular weight excluding hydrogens is 268 g/mol. The Hall–Kier alpha value is -1.32. The molecule has 0 aromatic rings. The molecule has 120 valence electrons. The summed E-state index contributed by atoms with van der Waals surface area (Å²) in [5, 5.41) is 9.11. The Labute approximate surface area is 127 Å². The average molecular weight is 296 g/mol. The molecule has 0 spiro atoms. The quantitative estimate of drug-likeness (QED) is 0.514. The van der Waals surface area contributed by atoms with Crippen molar-refractivity contribution >= 4 is 11.9 Å². The van der Waals surface area contributed by atoms with Crippen LogP contribution in [0.1, 0.15) is 71.6 Å². The summed E-state index contributed by atoms with van der Waals surface area (Å²) in [6.45, 7) is 4.84. The maximum atomic E-state index is 11.9. The lowest BCUT2D eigenvalue weighted by Gasteiger charge is -2.16. The van der Waals surface area contributed by atoms with Crippen molar-refractivity contribution in [1.29, 1.82) is 0 Å². The number of carbonyl (C=O) groups excluding carboxylic acids is 1. The first kappa shape index (κ1) is 17.7. The Balaban J connectivity index is 2.25. The van der Waals surface area contributed by atoms with Crippen molar-refractivity contribution in [2.24, 2.45) is 5.92 Å². The minimum atomic E-state index is -0.977. The summed E-state index contributed by atoms with van der Waals surface area (Å²) in [4.78, 5) is 23.1. The van der Waals surface area contributed by atoms with Crippen LogP contribution in [0, 0.1) is 5.92 Å². The zero-order valence-corrected chi connectivity index (χ0v) is 13.3. The number of carboxylic acid groups (broad SMARTS) is 1. The lowest BCUT2D eigenvalue weighted by Crippen LogP contribution is -2.18. The van der Waals surface area contributed by atoms with Crippen molar-refractivity contribution in [3.05, 3.63) is 11.1 Å². The molecule has 0 saturated carbocycles. The maximum Gasteiger partial charge on any atom is 0.334 e. The SMILES string of the molecule is CC(C)CCCCCCOC(=O)C1=C(C(=O)O)CCCC1. The van der Waals surface area contributed by atoms with E-state index < -0.39 is 11.9 Å². The van der Waals surface area contributed by atoms with Crippen LogP contribution in [0.4, 0.5) is 0 Å². The molecule has 0 amide bonds. The van der Waals surface area contributed by atoms with Gasteiger partial charge in [0.25, 0.3) is 0 Å². The van der Waals surface area contributed by atoms with E-state index in [1.165, 1.54) is 19.3 Å². The highest BCUT2D eigenvalue weighted by atomic mass is 16.5. The van der Waals surface area contributed by atoms with Crippen molar-refractivity contribution in [3.8, 4) is 0 Å². The standard InChI is InChI=1S/C17H28O4/c1-13(2)9-5-3-4-8-12-21-17(20)15-11-7-6-10-14(15)16(18)19/h13H,3-12H2,1-2H3,(H,18,19). The van der Waals surface area contributed by atoms with Crippen LogP contribution in [-0.2, 0) is 14.3 Å². The van der Waals surface area contributed by atoms with Crippen molar-refractivity contribution in [2.45, 2.75) is 71.6 Å². The summed E-state index contributed by atoms with van der Waals surface area (Å²) in [5.41, 5.74) is 0.636. The minimum absolute atomic E-state index is 0.253. The van der Waals surface area contributed by atoms with Gasteiger partial charge in [-0.1, -0.05) is 39.5 Å². The monoisotopic (exact) mass is 296 g/mol. The number of ether oxygens (including phenoxy) is 1. The second-order valence-corrected chi connectivity index (χ2v) is 6.20. The van der Waals surface area contributed by atoms with Crippen molar-refractivity contribution in [1.82, 2.24) is 0 Å². The zero-order chi connectivity index (χ0) is 15.7. The molecule has 0 aromatic heterocycles. The fourth-order valence-corrected chi connectivity index (χ4v) is 2.63. The highest BCUT2D eigenvalue weighted by Crippen LogP contribution is 2.26. The van der Waals surface area contributed by atoms with E-state index in [0.717, 1.165) is 31.6 Å². The lowest BCUT2D eigenvalue weighted by molar-refractivity contribution is -0.141. The first-order valence-corrected chi connectivity index (χ1v) is 8.14. The third-order valence-electron chi connectivity index (χ3n) is 3.88. The molecule has 1 rings (SSSR count). The normalized spacial score (nSPS) is 15.4. The Bertz CT molecular complexity index is 382. The van der Waals surface area contributed by atoms with Crippen LogP contribution in [-0.4, -0.2) is 23.7 Å². The summed E-state index contributed by atoms with van der Waals surface area (Å²) in [6.07, 6.45) is 8.28. The van der Waals surface area contributed by atoms with Crippen LogP contribution < -0.4 is 0 Å². The van der Waals surface area contributed by atoms with Gasteiger partial charge in [0.15, 0.2) is 0 Å². The molecule has 1 N–H and O–H groups in total. The predicted molar refractivity (Wildman–Crippen MR) is 82.0 cm³/mol. The molecule has 0 aromatic carbocycles. The zero-order valence-electron chi connectivity index (χ0n) is 13.3. The van der Waals surface area contributed by atoms with E-state index in [-0.39, 0.29) is 5.57 Å². The first-order valence-electron chi connectivity index (χ1n) is 8.14. The molecule has 0 unspecified atom stereocenters. The molecule has 4 nitrogen and oxygen atoms in total. The van der Waals surface area contributed by atoms with Gasteiger partial charge in [-0.15, -0.1) is 0 Å². The average Bonchev–Trinajstić information content (AvgIpc) is 2.45. The van der Waals surface area contributed by atoms with Gasteiger partial charge in [-0.25, -0.2) is 9.59 Å². The molecule has 0 saturated heterocycles. The van der Waals surface area contributed by atoms with Gasteiger partial charge in [0.1, 0.15) is 0 Å². The van der Waals surface area contributed by atoms with E-state index in [2.05, 4.69) is 13.8 Å². The van der Waals surface area contributed by atoms with Crippen molar-refractivity contribution in [3.63, 3.8) is 0 Å². The third-order valence-corrected chi connectivity index (χ3v) is 3.88. The van der Waals surface area contributed by atoms with Crippen LogP contribution in [0.3, 0.4) is 0 Å². The van der Waals surface area contributed by atoms with Gasteiger partial charge in [-0.05, 0) is 38.0 Å². The molecule has 0 bridgehead atoms. The van der Waals surface area contributed by atoms with Crippen LogP contribution in [0.2, 0.25) is 0 Å². The summed E-state index contributed by atoms with van der Waals surface area (Å²) in [6, 6.07) is 0. The molecule has 0 fully saturated rings. The number of carboxylic acids is 1. The van der Waals surface area contributed by atoms with E-state index in [1.54, 1.807) is 0 Å². The van der Waals surface area contributed by atoms with Crippen LogP contribution >= 0.6 is 0 Å². The van der Waals surface area contributed by atoms with Crippen LogP contribution in [0.5, 0.6) is 0 Å². The largest absolute Gasteiger partial charge is 0.478 e. The van der Waals surface area contributed by atoms with E-state index in [4.69, 9.17) is 9.84 Å². The number of carbonyl (C=O) groups is 2. The predicted octanol–water partition coefficient (Wildman–Crippen LogP) is 4.09. The number of rotatable bonds is 9. The number of hydrogen-bond acceptors (Lipinski definition) is 3. The number of esters is 1. The summed E-state index contributed by atoms with van der Waals surface area (Å²) in [5.74, 6) is -0.653. The van der Waals surface area contributed by atoms with Gasteiger partial charge >= 0.3 is 11.9 Å². The smallest absolute Gasteiger partial charge is 0.334 e. The minimum Gasteiger partial charge on any atom is -0.478 e. The van der Waals surface area contributed by atoms with E-state index in [9.17, 15) is 9.59 Å². The van der Waals surface area contributed by atoms with E-state index >= 15 is 0 Å². The molecular formula is C17H28O4. The van der Waals surface area contributed by atoms with Crippen LogP contribution in [0.15, 0.2) is 11.1 Å². The fourth-order valence-electron chi connectivity index (χ4n) is 2.63. The first-order chi connectivity index (χ1) is 10.0. The molecule has 4 heteroatoms. The lowest BCUT2D eigenvalue weighted by atomic mass is 9.92. The van der Waals surface area contributed by atoms with Gasteiger partial charge in [-0.2, -0.15) is 0 Å². The molecule has 21 heavy (non-hydrogen) atoms. The summed E-state index contributed by atoms with van der Waals surface area (Å²) < 4.78 is 5.23. The van der Waals surface area contributed by atoms with Gasteiger partial charge in [0.05, 0.1) is 6.61 Å². The van der Waals surface area contributed by atoms with Gasteiger partial charge < -0.3 is 9.84 Å². The van der Waals surface area contributed by atoms with E-state index in [1.807, 2.05) is 0 Å². The van der Waals surface area contributed by atoms with Crippen molar-refractivity contribution in [2.75, 3.05) is 6.61 Å². The third kappa shape index (κ3) is 6.78. The topological polar surface area (TPSA) is 63.6 Å². The second kappa shape index (κ2) is 9.59. The van der Waals surface area contributed by atoms with Gasteiger partial charge in [-0.3, -0.25) is 0 Å². The molecule has 0 radical (unpaired) electrons. The molecule has 0 aliphatic heterocycles. The maximum absolute atomic E-state index is 11.9. The number of unbranched alkanes of at least 4 members (excludes halogenated alkanes) is 3. The van der Waals surface area contributed by atoms with E-state index in [0.29, 0.717) is 25.0 Å². The van der Waals surface area contributed by atoms with Gasteiger partial charge in [0.2, 0.25) is 0 Å². The Morgan fingerprint density at radius 1 is 1.05 bits per heavy atom. The summed E-state index contributed by atoms with van der Waals surface area (Å²) >= 11 is 0. The number of hydrogen-bond donors (Lipinski definition) is 1. The highest BCUT2D eigenvalue weighted by molar-refractivity contribution is 5.99. The fraction of sp³-hybridized carbons (Fsp3) is 0.765. The number of aliphatic carboxylic acids is 1. The molecule has 0 atom stereocenters. The Morgan fingerprint density at radius 3 is 2.29 bits per heavy atom. The Morgan fingerprint density at radius 2 is 1.67 bits per heavy atom. The molecule has 0 heterocycles. The molecule has 1 aliphatic rings.